The quantitative estimate of drug-likeness (QED) is 0.425. The molecule has 2 atom stereocenters. The van der Waals surface area contributed by atoms with Crippen LogP contribution in [-0.2, 0) is 26.8 Å². The average Bonchev–Trinajstić information content (AvgIpc) is 3.75. The molecule has 6 rings (SSSR count). The summed E-state index contributed by atoms with van der Waals surface area (Å²) in [5.41, 5.74) is 5.43. The zero-order valence-electron chi connectivity index (χ0n) is 25.6. The third-order valence-corrected chi connectivity index (χ3v) is 12.0. The molecule has 4 fully saturated rings. The monoisotopic (exact) mass is 648 g/mol. The summed E-state index contributed by atoms with van der Waals surface area (Å²) >= 11 is 0. The number of sulfonamides is 1. The number of nitrogens with two attached hydrogens (primary N) is 1. The Hall–Kier alpha value is -2.67. The first-order valence-corrected chi connectivity index (χ1v) is 17.6. The Morgan fingerprint density at radius 2 is 1.60 bits per heavy atom. The van der Waals surface area contributed by atoms with Crippen LogP contribution in [0, 0.1) is 5.92 Å². The van der Waals surface area contributed by atoms with Gasteiger partial charge in [0.05, 0.1) is 16.9 Å². The second kappa shape index (κ2) is 12.8. The van der Waals surface area contributed by atoms with Crippen molar-refractivity contribution in [1.29, 1.82) is 0 Å². The minimum Gasteiger partial charge on any atom is -0.493 e. The topological polar surface area (TPSA) is 96.2 Å². The Morgan fingerprint density at radius 3 is 2.20 bits per heavy atom. The third kappa shape index (κ3) is 6.89. The molecule has 12 heteroatoms. The van der Waals surface area contributed by atoms with Crippen LogP contribution in [0.2, 0.25) is 0 Å². The molecule has 2 saturated carbocycles. The summed E-state index contributed by atoms with van der Waals surface area (Å²) in [7, 11) is -4.01. The van der Waals surface area contributed by atoms with Crippen LogP contribution >= 0.6 is 0 Å². The number of hydrogen-bond acceptors (Lipinski definition) is 6. The fourth-order valence-corrected chi connectivity index (χ4v) is 8.68. The molecular weight excluding hydrogens is 605 g/mol. The number of likely N-dealkylation sites (tertiary alicyclic amines) is 1. The summed E-state index contributed by atoms with van der Waals surface area (Å²) in [5, 5.41) is 0. The van der Waals surface area contributed by atoms with Crippen LogP contribution < -0.4 is 10.5 Å². The molecule has 2 saturated heterocycles. The van der Waals surface area contributed by atoms with Gasteiger partial charge in [0.15, 0.2) is 0 Å². The molecular formula is C33H43F3N4O4S. The predicted molar refractivity (Wildman–Crippen MR) is 164 cm³/mol. The van der Waals surface area contributed by atoms with Crippen LogP contribution in [0.4, 0.5) is 13.2 Å². The highest BCUT2D eigenvalue weighted by Gasteiger charge is 2.64. The fraction of sp³-hybridized carbons (Fsp3) is 0.606. The Bertz CT molecular complexity index is 1440. The number of halogens is 3. The summed E-state index contributed by atoms with van der Waals surface area (Å²) in [4.78, 5) is 17.5. The maximum atomic E-state index is 14.0. The standard InChI is InChI=1S/C33H43F3N4O4S/c34-33(35,36)32(15-16-32)26-8-6-24(7-9-26)20-38-18-19-40(30(22-38)31(41)39-17-14-27(37)21-39)45(42,43)29-12-10-28(11-13-29)44-23-25-4-2-1-3-5-25/h6-13,25,27,30H,1-5,14-23,37H2/t27-,30-/m0/s1. The molecule has 8 nitrogen and oxygen atoms in total. The molecule has 4 aliphatic rings. The first-order valence-electron chi connectivity index (χ1n) is 16.1. The van der Waals surface area contributed by atoms with Crippen LogP contribution in [0.3, 0.4) is 0 Å². The number of nitrogens with zero attached hydrogens (tertiary/aromatic N) is 3. The van der Waals surface area contributed by atoms with Gasteiger partial charge in [-0.05, 0) is 73.4 Å². The van der Waals surface area contributed by atoms with Crippen LogP contribution in [0.1, 0.15) is 62.5 Å². The van der Waals surface area contributed by atoms with Gasteiger partial charge in [-0.2, -0.15) is 17.5 Å². The highest BCUT2D eigenvalue weighted by atomic mass is 32.2. The van der Waals surface area contributed by atoms with Crippen molar-refractivity contribution in [3.63, 3.8) is 0 Å². The van der Waals surface area contributed by atoms with Gasteiger partial charge in [0, 0.05) is 45.3 Å². The molecule has 246 valence electrons. The van der Waals surface area contributed by atoms with Crippen molar-refractivity contribution >= 4 is 15.9 Å². The van der Waals surface area contributed by atoms with Gasteiger partial charge >= 0.3 is 6.18 Å². The lowest BCUT2D eigenvalue weighted by atomic mass is 9.90. The summed E-state index contributed by atoms with van der Waals surface area (Å²) in [6, 6.07) is 11.9. The Balaban J connectivity index is 1.16. The van der Waals surface area contributed by atoms with Crippen molar-refractivity contribution in [1.82, 2.24) is 14.1 Å². The molecule has 2 aliphatic heterocycles. The van der Waals surface area contributed by atoms with Gasteiger partial charge in [-0.15, -0.1) is 0 Å². The molecule has 0 radical (unpaired) electrons. The predicted octanol–water partition coefficient (Wildman–Crippen LogP) is 4.67. The van der Waals surface area contributed by atoms with E-state index in [-0.39, 0.29) is 48.3 Å². The number of amides is 1. The fourth-order valence-electron chi connectivity index (χ4n) is 7.11. The Kier molecular flexibility index (Phi) is 9.22. The summed E-state index contributed by atoms with van der Waals surface area (Å²) < 4.78 is 76.0. The number of hydrogen-bond donors (Lipinski definition) is 1. The maximum Gasteiger partial charge on any atom is 0.398 e. The number of carbonyl (C=O) groups is 1. The van der Waals surface area contributed by atoms with E-state index in [1.165, 1.54) is 23.6 Å². The zero-order valence-corrected chi connectivity index (χ0v) is 26.4. The van der Waals surface area contributed by atoms with Gasteiger partial charge in [-0.3, -0.25) is 9.69 Å². The molecule has 0 aromatic heterocycles. The average molecular weight is 649 g/mol. The van der Waals surface area contributed by atoms with E-state index in [1.807, 2.05) is 4.90 Å². The van der Waals surface area contributed by atoms with Crippen molar-refractivity contribution in [2.24, 2.45) is 11.7 Å². The summed E-state index contributed by atoms with van der Waals surface area (Å²) in [6.07, 6.45) is 2.60. The first-order chi connectivity index (χ1) is 21.5. The zero-order chi connectivity index (χ0) is 31.8. The van der Waals surface area contributed by atoms with E-state index in [9.17, 15) is 26.4 Å². The molecule has 0 spiro atoms. The van der Waals surface area contributed by atoms with Crippen molar-refractivity contribution in [2.45, 2.75) is 86.5 Å². The molecule has 2 aliphatic carbocycles. The smallest absolute Gasteiger partial charge is 0.398 e. The second-order valence-electron chi connectivity index (χ2n) is 13.3. The number of benzene rings is 2. The molecule has 2 aromatic carbocycles. The lowest BCUT2D eigenvalue weighted by Gasteiger charge is -2.41. The van der Waals surface area contributed by atoms with Crippen molar-refractivity contribution < 1.29 is 31.1 Å². The first kappa shape index (κ1) is 32.3. The SMILES string of the molecule is N[C@H]1CCN(C(=O)[C@@H]2CN(Cc3ccc(C4(C(F)(F)F)CC4)cc3)CCN2S(=O)(=O)c2ccc(OCC3CCCCC3)cc2)C1. The van der Waals surface area contributed by atoms with E-state index < -0.39 is 27.7 Å². The van der Waals surface area contributed by atoms with Crippen molar-refractivity contribution in [3.8, 4) is 5.75 Å². The summed E-state index contributed by atoms with van der Waals surface area (Å²) in [6.45, 7) is 2.50. The lowest BCUT2D eigenvalue weighted by molar-refractivity contribution is -0.160. The lowest BCUT2D eigenvalue weighted by Crippen LogP contribution is -2.60. The number of rotatable bonds is 9. The normalized spacial score (nSPS) is 24.9. The molecule has 0 bridgehead atoms. The molecule has 1 amide bonds. The van der Waals surface area contributed by atoms with Crippen molar-refractivity contribution in [2.75, 3.05) is 39.3 Å². The van der Waals surface area contributed by atoms with Gasteiger partial charge in [-0.1, -0.05) is 43.5 Å². The minimum absolute atomic E-state index is 0.103. The van der Waals surface area contributed by atoms with E-state index >= 15 is 0 Å². The highest BCUT2D eigenvalue weighted by Crippen LogP contribution is 2.58. The maximum absolute atomic E-state index is 14.0. The van der Waals surface area contributed by atoms with E-state index in [0.29, 0.717) is 50.9 Å². The summed E-state index contributed by atoms with van der Waals surface area (Å²) in [5.74, 6) is 0.869. The molecule has 2 N–H and O–H groups in total. The molecule has 0 unspecified atom stereocenters. The van der Waals surface area contributed by atoms with E-state index in [0.717, 1.165) is 18.4 Å². The number of piperazine rings is 1. The van der Waals surface area contributed by atoms with E-state index in [4.69, 9.17) is 10.5 Å². The number of carbonyl (C=O) groups excluding carboxylic acids is 1. The molecule has 2 aromatic rings. The van der Waals surface area contributed by atoms with E-state index in [2.05, 4.69) is 0 Å². The minimum atomic E-state index is -4.27. The number of alkyl halides is 3. The van der Waals surface area contributed by atoms with Crippen molar-refractivity contribution in [3.05, 3.63) is 59.7 Å². The van der Waals surface area contributed by atoms with Gasteiger partial charge in [0.1, 0.15) is 11.8 Å². The second-order valence-corrected chi connectivity index (χ2v) is 15.2. The Labute approximate surface area is 263 Å². The van der Waals surface area contributed by atoms with Gasteiger partial charge < -0.3 is 15.4 Å². The molecule has 2 heterocycles. The van der Waals surface area contributed by atoms with Crippen LogP contribution in [-0.4, -0.2) is 86.0 Å². The largest absolute Gasteiger partial charge is 0.493 e. The van der Waals surface area contributed by atoms with Crippen LogP contribution in [0.15, 0.2) is 53.4 Å². The third-order valence-electron chi connectivity index (χ3n) is 10.1. The highest BCUT2D eigenvalue weighted by molar-refractivity contribution is 7.89. The number of ether oxygens (including phenoxy) is 1. The Morgan fingerprint density at radius 1 is 0.911 bits per heavy atom. The van der Waals surface area contributed by atoms with Gasteiger partial charge in [-0.25, -0.2) is 8.42 Å². The molecule has 45 heavy (non-hydrogen) atoms. The van der Waals surface area contributed by atoms with Crippen LogP contribution in [0.5, 0.6) is 5.75 Å². The van der Waals surface area contributed by atoms with Crippen LogP contribution in [0.25, 0.3) is 0 Å². The van der Waals surface area contributed by atoms with E-state index in [1.54, 1.807) is 53.4 Å². The van der Waals surface area contributed by atoms with Gasteiger partial charge in [0.2, 0.25) is 15.9 Å². The van der Waals surface area contributed by atoms with Gasteiger partial charge in [0.25, 0.3) is 0 Å².